The molecule has 1 atom stereocenters. The Morgan fingerprint density at radius 3 is 3.12 bits per heavy atom. The van der Waals surface area contributed by atoms with Crippen molar-refractivity contribution in [3.63, 3.8) is 0 Å². The standard InChI is InChI=1S/C12H13NO3/c1-13-4-3-8-5-10-12(16-7-15-10)11(14-2)9(8)6-13/h3-6,11H,7H2,1-2H3. The molecule has 4 heteroatoms. The molecule has 1 aliphatic carbocycles. The third-order valence-corrected chi connectivity index (χ3v) is 2.88. The molecule has 0 amide bonds. The van der Waals surface area contributed by atoms with E-state index in [1.54, 1.807) is 7.11 Å². The third kappa shape index (κ3) is 1.27. The summed E-state index contributed by atoms with van der Waals surface area (Å²) >= 11 is 0. The summed E-state index contributed by atoms with van der Waals surface area (Å²) in [5.74, 6) is 1.56. The highest BCUT2D eigenvalue weighted by Gasteiger charge is 2.34. The van der Waals surface area contributed by atoms with Gasteiger partial charge in [0.15, 0.2) is 11.5 Å². The highest BCUT2D eigenvalue weighted by molar-refractivity contribution is 5.54. The second-order valence-electron chi connectivity index (χ2n) is 3.92. The Morgan fingerprint density at radius 1 is 1.44 bits per heavy atom. The molecule has 0 bridgehead atoms. The molecule has 0 aromatic carbocycles. The van der Waals surface area contributed by atoms with Crippen LogP contribution in [0.1, 0.15) is 0 Å². The zero-order valence-corrected chi connectivity index (χ0v) is 9.27. The molecule has 0 aromatic heterocycles. The minimum Gasteiger partial charge on any atom is -0.455 e. The van der Waals surface area contributed by atoms with Crippen LogP contribution in [0.4, 0.5) is 0 Å². The van der Waals surface area contributed by atoms with E-state index in [1.165, 1.54) is 0 Å². The smallest absolute Gasteiger partial charge is 0.230 e. The molecule has 2 aliphatic heterocycles. The lowest BCUT2D eigenvalue weighted by Gasteiger charge is -2.27. The minimum atomic E-state index is -0.162. The summed E-state index contributed by atoms with van der Waals surface area (Å²) in [5, 5.41) is 0. The van der Waals surface area contributed by atoms with Crippen LogP contribution >= 0.6 is 0 Å². The van der Waals surface area contributed by atoms with Crippen LogP contribution in [0, 0.1) is 0 Å². The van der Waals surface area contributed by atoms with E-state index in [4.69, 9.17) is 14.2 Å². The zero-order valence-electron chi connectivity index (χ0n) is 9.27. The summed E-state index contributed by atoms with van der Waals surface area (Å²) in [5.41, 5.74) is 2.23. The fraction of sp³-hybridized carbons (Fsp3) is 0.333. The molecule has 84 valence electrons. The average molecular weight is 219 g/mol. The van der Waals surface area contributed by atoms with Crippen molar-refractivity contribution in [1.29, 1.82) is 0 Å². The van der Waals surface area contributed by atoms with Crippen LogP contribution in [0.15, 0.2) is 47.2 Å². The first kappa shape index (κ1) is 9.54. The van der Waals surface area contributed by atoms with Gasteiger partial charge in [-0.2, -0.15) is 0 Å². The first-order valence-electron chi connectivity index (χ1n) is 5.16. The van der Waals surface area contributed by atoms with Gasteiger partial charge in [0.25, 0.3) is 0 Å². The van der Waals surface area contributed by atoms with Gasteiger partial charge < -0.3 is 19.1 Å². The highest BCUT2D eigenvalue weighted by Crippen LogP contribution is 2.37. The molecule has 4 nitrogen and oxygen atoms in total. The maximum atomic E-state index is 5.49. The molecule has 0 saturated heterocycles. The second kappa shape index (κ2) is 3.42. The van der Waals surface area contributed by atoms with Gasteiger partial charge in [0.2, 0.25) is 6.79 Å². The molecule has 1 unspecified atom stereocenters. The van der Waals surface area contributed by atoms with Crippen LogP contribution in [-0.4, -0.2) is 32.0 Å². The summed E-state index contributed by atoms with van der Waals surface area (Å²) in [4.78, 5) is 2.00. The van der Waals surface area contributed by atoms with Gasteiger partial charge in [0.1, 0.15) is 6.10 Å². The second-order valence-corrected chi connectivity index (χ2v) is 3.92. The van der Waals surface area contributed by atoms with Gasteiger partial charge in [0.05, 0.1) is 0 Å². The molecule has 3 rings (SSSR count). The largest absolute Gasteiger partial charge is 0.455 e. The Balaban J connectivity index is 2.08. The number of hydrogen-bond acceptors (Lipinski definition) is 4. The van der Waals surface area contributed by atoms with E-state index in [0.717, 1.165) is 22.7 Å². The maximum Gasteiger partial charge on any atom is 0.230 e. The van der Waals surface area contributed by atoms with Gasteiger partial charge >= 0.3 is 0 Å². The third-order valence-electron chi connectivity index (χ3n) is 2.88. The lowest BCUT2D eigenvalue weighted by Crippen LogP contribution is -2.25. The van der Waals surface area contributed by atoms with Crippen LogP contribution in [0.2, 0.25) is 0 Å². The monoisotopic (exact) mass is 219 g/mol. The van der Waals surface area contributed by atoms with Gasteiger partial charge in [0, 0.05) is 32.1 Å². The van der Waals surface area contributed by atoms with Gasteiger partial charge in [-0.25, -0.2) is 0 Å². The molecule has 0 fully saturated rings. The van der Waals surface area contributed by atoms with Crippen molar-refractivity contribution < 1.29 is 14.2 Å². The van der Waals surface area contributed by atoms with Crippen molar-refractivity contribution in [3.8, 4) is 0 Å². The molecular weight excluding hydrogens is 206 g/mol. The first-order chi connectivity index (χ1) is 7.79. The molecular formula is C12H13NO3. The fourth-order valence-corrected chi connectivity index (χ4v) is 2.11. The van der Waals surface area contributed by atoms with Gasteiger partial charge in [-0.05, 0) is 17.7 Å². The molecule has 0 aromatic rings. The average Bonchev–Trinajstić information content (AvgIpc) is 2.73. The van der Waals surface area contributed by atoms with Crippen molar-refractivity contribution in [2.45, 2.75) is 6.10 Å². The number of rotatable bonds is 1. The first-order valence-corrected chi connectivity index (χ1v) is 5.16. The topological polar surface area (TPSA) is 30.9 Å². The van der Waals surface area contributed by atoms with E-state index in [9.17, 15) is 0 Å². The van der Waals surface area contributed by atoms with Crippen LogP contribution in [0.5, 0.6) is 0 Å². The molecule has 0 N–H and O–H groups in total. The Labute approximate surface area is 94.1 Å². The van der Waals surface area contributed by atoms with Crippen molar-refractivity contribution in [2.75, 3.05) is 21.0 Å². The van der Waals surface area contributed by atoms with Crippen LogP contribution < -0.4 is 0 Å². The number of hydrogen-bond donors (Lipinski definition) is 0. The Morgan fingerprint density at radius 2 is 2.31 bits per heavy atom. The number of ether oxygens (including phenoxy) is 3. The zero-order chi connectivity index (χ0) is 11.1. The maximum absolute atomic E-state index is 5.49. The summed E-state index contributed by atoms with van der Waals surface area (Å²) in [6.07, 6.45) is 7.93. The quantitative estimate of drug-likeness (QED) is 0.668. The van der Waals surface area contributed by atoms with Gasteiger partial charge in [-0.3, -0.25) is 0 Å². The summed E-state index contributed by atoms with van der Waals surface area (Å²) in [6.45, 7) is 0.279. The molecule has 0 spiro atoms. The SMILES string of the molecule is COC1C2=CN(C)C=CC2=CC2=C1OCO2. The molecule has 2 heterocycles. The van der Waals surface area contributed by atoms with Crippen LogP contribution in [0.3, 0.4) is 0 Å². The van der Waals surface area contributed by atoms with Gasteiger partial charge in [-0.1, -0.05) is 0 Å². The van der Waals surface area contributed by atoms with Crippen molar-refractivity contribution in [3.05, 3.63) is 47.2 Å². The summed E-state index contributed by atoms with van der Waals surface area (Å²) in [7, 11) is 3.67. The van der Waals surface area contributed by atoms with Crippen LogP contribution in [0.25, 0.3) is 0 Å². The van der Waals surface area contributed by atoms with Crippen molar-refractivity contribution >= 4 is 0 Å². The lowest BCUT2D eigenvalue weighted by molar-refractivity contribution is 0.0440. The van der Waals surface area contributed by atoms with Crippen molar-refractivity contribution in [2.24, 2.45) is 0 Å². The normalized spacial score (nSPS) is 26.6. The van der Waals surface area contributed by atoms with E-state index in [0.29, 0.717) is 0 Å². The minimum absolute atomic E-state index is 0.162. The number of nitrogens with zero attached hydrogens (tertiary/aromatic N) is 1. The van der Waals surface area contributed by atoms with E-state index < -0.39 is 0 Å². The van der Waals surface area contributed by atoms with E-state index in [1.807, 2.05) is 36.5 Å². The predicted molar refractivity (Wildman–Crippen MR) is 57.9 cm³/mol. The predicted octanol–water partition coefficient (Wildman–Crippen LogP) is 1.50. The summed E-state index contributed by atoms with van der Waals surface area (Å²) in [6, 6.07) is 0. The van der Waals surface area contributed by atoms with E-state index in [-0.39, 0.29) is 12.9 Å². The molecule has 16 heavy (non-hydrogen) atoms. The number of allylic oxidation sites excluding steroid dienone is 2. The molecule has 0 radical (unpaired) electrons. The Bertz CT molecular complexity index is 445. The molecule has 3 aliphatic rings. The van der Waals surface area contributed by atoms with Crippen molar-refractivity contribution in [1.82, 2.24) is 4.90 Å². The highest BCUT2D eigenvalue weighted by atomic mass is 16.7. The van der Waals surface area contributed by atoms with E-state index >= 15 is 0 Å². The fourth-order valence-electron chi connectivity index (χ4n) is 2.11. The Hall–Kier alpha value is -1.68. The molecule has 0 saturated carbocycles. The lowest BCUT2D eigenvalue weighted by atomic mass is 9.92. The summed E-state index contributed by atoms with van der Waals surface area (Å²) < 4.78 is 16.3. The number of methoxy groups -OCH3 is 1. The Kier molecular flexibility index (Phi) is 2.04. The van der Waals surface area contributed by atoms with Gasteiger partial charge in [-0.15, -0.1) is 0 Å². The number of fused-ring (bicyclic) bond motifs is 1. The van der Waals surface area contributed by atoms with Crippen LogP contribution in [-0.2, 0) is 14.2 Å². The van der Waals surface area contributed by atoms with E-state index in [2.05, 4.69) is 0 Å².